The largest absolute Gasteiger partial charge is 0.491 e. The molecule has 0 saturated carbocycles. The van der Waals surface area contributed by atoms with Crippen LogP contribution in [0.25, 0.3) is 49.7 Å². The fourth-order valence-corrected chi connectivity index (χ4v) is 6.76. The lowest BCUT2D eigenvalue weighted by molar-refractivity contribution is 0.438. The molecule has 0 aliphatic rings. The van der Waals surface area contributed by atoms with Crippen molar-refractivity contribution < 1.29 is 5.11 Å². The molecule has 0 aliphatic heterocycles. The molecule has 0 amide bonds. The van der Waals surface area contributed by atoms with Crippen LogP contribution in [0.4, 0.5) is 0 Å². The maximum absolute atomic E-state index is 11.2. The molecule has 1 atom stereocenters. The highest BCUT2D eigenvalue weighted by atomic mass is 31.1. The van der Waals surface area contributed by atoms with E-state index in [-0.39, 0.29) is 5.88 Å². The minimum atomic E-state index is -1.18. The molecule has 4 aromatic carbocycles. The first-order valence-corrected chi connectivity index (χ1v) is 13.0. The Labute approximate surface area is 205 Å². The van der Waals surface area contributed by atoms with Gasteiger partial charge in [-0.05, 0) is 23.3 Å². The van der Waals surface area contributed by atoms with Gasteiger partial charge in [0, 0.05) is 23.7 Å². The van der Waals surface area contributed by atoms with Crippen molar-refractivity contribution in [2.45, 2.75) is 0 Å². The number of benzene rings is 4. The van der Waals surface area contributed by atoms with Crippen LogP contribution in [0.3, 0.4) is 0 Å². The number of aromatic nitrogens is 2. The monoisotopic (exact) mass is 471 g/mol. The number of fused-ring (bicyclic) bond motifs is 1. The van der Waals surface area contributed by atoms with Crippen LogP contribution in [0.2, 0.25) is 0 Å². The van der Waals surface area contributed by atoms with E-state index in [2.05, 4.69) is 84.7 Å². The number of rotatable bonds is 4. The molecule has 35 heavy (non-hydrogen) atoms. The predicted octanol–water partition coefficient (Wildman–Crippen LogP) is 8.54. The zero-order valence-corrected chi connectivity index (χ0v) is 20.2. The Morgan fingerprint density at radius 1 is 0.657 bits per heavy atom. The van der Waals surface area contributed by atoms with Crippen molar-refractivity contribution in [2.24, 2.45) is 7.05 Å². The first-order valence-electron chi connectivity index (χ1n) is 11.6. The Morgan fingerprint density at radius 3 is 1.86 bits per heavy atom. The minimum absolute atomic E-state index is 0.278. The Hall–Kier alpha value is -4.20. The van der Waals surface area contributed by atoms with Gasteiger partial charge in [-0.25, -0.2) is 0 Å². The summed E-state index contributed by atoms with van der Waals surface area (Å²) in [6.07, 6.45) is 0. The summed E-state index contributed by atoms with van der Waals surface area (Å²) in [6, 6.07) is 39.5. The van der Waals surface area contributed by atoms with Gasteiger partial charge in [0.1, 0.15) is 11.5 Å². The van der Waals surface area contributed by atoms with Gasteiger partial charge in [0.2, 0.25) is 11.2 Å². The van der Waals surface area contributed by atoms with Crippen molar-refractivity contribution in [2.75, 3.05) is 0 Å². The van der Waals surface area contributed by atoms with Crippen molar-refractivity contribution >= 4 is 18.6 Å². The molecule has 0 aliphatic carbocycles. The van der Waals surface area contributed by atoms with Gasteiger partial charge in [-0.2, -0.15) is 0 Å². The van der Waals surface area contributed by atoms with Gasteiger partial charge in [0.05, 0.1) is 10.9 Å². The molecule has 0 bridgehead atoms. The van der Waals surface area contributed by atoms with Crippen molar-refractivity contribution in [1.82, 2.24) is 9.31 Å². The summed E-state index contributed by atoms with van der Waals surface area (Å²) in [5.41, 5.74) is 7.55. The fourth-order valence-electron chi connectivity index (χ4n) is 4.73. The number of nitrogens with zero attached hydrogens (tertiary/aromatic N) is 2. The maximum atomic E-state index is 11.2. The summed E-state index contributed by atoms with van der Waals surface area (Å²) >= 11 is 0. The molecular formula is C31H24N2OP+. The van der Waals surface area contributed by atoms with Crippen LogP contribution in [0, 0.1) is 0 Å². The first-order chi connectivity index (χ1) is 17.2. The number of aryl methyl sites for hydroxylation is 1. The average Bonchev–Trinajstić information content (AvgIpc) is 3.19. The SMILES string of the molecule is Cn1c(O)c(-[p+]2cc(-c3ccccc3)c(-c3ccccc3)c(-c3ccccc3)n2)c2ccccc21. The van der Waals surface area contributed by atoms with Crippen LogP contribution >= 0.6 is 7.69 Å². The maximum Gasteiger partial charge on any atom is 0.281 e. The molecular weight excluding hydrogens is 447 g/mol. The zero-order valence-electron chi connectivity index (χ0n) is 19.3. The second kappa shape index (κ2) is 8.87. The topological polar surface area (TPSA) is 38.0 Å². The molecule has 3 nitrogen and oxygen atoms in total. The summed E-state index contributed by atoms with van der Waals surface area (Å²) in [4.78, 5) is 0. The molecule has 0 spiro atoms. The van der Waals surface area contributed by atoms with E-state index in [0.717, 1.165) is 49.7 Å². The van der Waals surface area contributed by atoms with Gasteiger partial charge in [-0.1, -0.05) is 108 Å². The average molecular weight is 472 g/mol. The molecule has 1 unspecified atom stereocenters. The molecule has 168 valence electrons. The normalized spacial score (nSPS) is 11.6. The van der Waals surface area contributed by atoms with Crippen LogP contribution in [0.15, 0.2) is 121 Å². The van der Waals surface area contributed by atoms with Gasteiger partial charge in [0.25, 0.3) is 7.69 Å². The van der Waals surface area contributed by atoms with Gasteiger partial charge in [-0.3, -0.25) is 0 Å². The Kier molecular flexibility index (Phi) is 5.41. The van der Waals surface area contributed by atoms with E-state index in [0.29, 0.717) is 0 Å². The van der Waals surface area contributed by atoms with E-state index in [1.165, 1.54) is 0 Å². The summed E-state index contributed by atoms with van der Waals surface area (Å²) in [5.74, 6) is 2.54. The smallest absolute Gasteiger partial charge is 0.281 e. The highest BCUT2D eigenvalue weighted by molar-refractivity contribution is 7.53. The van der Waals surface area contributed by atoms with E-state index in [4.69, 9.17) is 4.75 Å². The molecule has 0 saturated heterocycles. The quantitative estimate of drug-likeness (QED) is 0.280. The Balaban J connectivity index is 1.75. The predicted molar refractivity (Wildman–Crippen MR) is 147 cm³/mol. The third-order valence-electron chi connectivity index (χ3n) is 6.44. The Morgan fingerprint density at radius 2 is 1.20 bits per heavy atom. The number of hydrogen-bond donors (Lipinski definition) is 1. The van der Waals surface area contributed by atoms with E-state index >= 15 is 0 Å². The third kappa shape index (κ3) is 3.71. The Bertz CT molecular complexity index is 1580. The first kappa shape index (κ1) is 21.3. The second-order valence-electron chi connectivity index (χ2n) is 8.56. The summed E-state index contributed by atoms with van der Waals surface area (Å²) < 4.78 is 7.23. The molecule has 2 aromatic heterocycles. The highest BCUT2D eigenvalue weighted by Gasteiger charge is 2.31. The van der Waals surface area contributed by atoms with Crippen molar-refractivity contribution in [1.29, 1.82) is 0 Å². The van der Waals surface area contributed by atoms with Gasteiger partial charge >= 0.3 is 0 Å². The van der Waals surface area contributed by atoms with E-state index < -0.39 is 7.69 Å². The molecule has 2 heterocycles. The van der Waals surface area contributed by atoms with Gasteiger partial charge in [-0.15, -0.1) is 0 Å². The minimum Gasteiger partial charge on any atom is -0.491 e. The number of aromatic hydroxyl groups is 1. The molecule has 0 fully saturated rings. The number of para-hydroxylation sites is 1. The lowest BCUT2D eigenvalue weighted by atomic mass is 9.93. The zero-order chi connectivity index (χ0) is 23.8. The number of hydrogen-bond acceptors (Lipinski definition) is 2. The van der Waals surface area contributed by atoms with Crippen molar-refractivity contribution in [3.05, 3.63) is 121 Å². The molecule has 6 aromatic rings. The van der Waals surface area contributed by atoms with Crippen molar-refractivity contribution in [3.63, 3.8) is 0 Å². The van der Waals surface area contributed by atoms with Crippen molar-refractivity contribution in [3.8, 4) is 44.7 Å². The van der Waals surface area contributed by atoms with E-state index in [1.54, 1.807) is 0 Å². The van der Waals surface area contributed by atoms with Crippen LogP contribution in [0.1, 0.15) is 0 Å². The van der Waals surface area contributed by atoms with Crippen LogP contribution in [0.5, 0.6) is 5.88 Å². The third-order valence-corrected chi connectivity index (χ3v) is 8.26. The lowest BCUT2D eigenvalue weighted by Gasteiger charge is -2.13. The van der Waals surface area contributed by atoms with E-state index in [1.807, 2.05) is 48.0 Å². The molecule has 0 radical (unpaired) electrons. The van der Waals surface area contributed by atoms with Crippen LogP contribution in [-0.2, 0) is 7.05 Å². The second-order valence-corrected chi connectivity index (χ2v) is 10.2. The van der Waals surface area contributed by atoms with Crippen LogP contribution < -0.4 is 0 Å². The summed E-state index contributed by atoms with van der Waals surface area (Å²) in [5, 5.41) is 13.2. The molecule has 6 rings (SSSR count). The lowest BCUT2D eigenvalue weighted by Crippen LogP contribution is -1.93. The standard InChI is InChI=1S/C31H23N2OP/c1-33-27-20-12-11-19-25(27)30(31(33)34)35-21-26(22-13-5-2-6-14-22)28(23-15-7-3-8-16-23)29(32-35)24-17-9-4-10-18-24/h2-21H,1H3/p+1. The van der Waals surface area contributed by atoms with Gasteiger partial charge < -0.3 is 9.67 Å². The van der Waals surface area contributed by atoms with Crippen LogP contribution in [-0.4, -0.2) is 14.4 Å². The fraction of sp³-hybridized carbons (Fsp3) is 0.0323. The summed E-state index contributed by atoms with van der Waals surface area (Å²) in [6.45, 7) is 0. The van der Waals surface area contributed by atoms with E-state index in [9.17, 15) is 5.11 Å². The molecule has 1 N–H and O–H groups in total. The molecule has 4 heteroatoms. The highest BCUT2D eigenvalue weighted by Crippen LogP contribution is 2.53. The van der Waals surface area contributed by atoms with Gasteiger partial charge in [0.15, 0.2) is 0 Å². The summed E-state index contributed by atoms with van der Waals surface area (Å²) in [7, 11) is 0.733.